The Labute approximate surface area is 180 Å². The van der Waals surface area contributed by atoms with Gasteiger partial charge in [-0.3, -0.25) is 5.32 Å². The van der Waals surface area contributed by atoms with Gasteiger partial charge in [0.15, 0.2) is 0 Å². The van der Waals surface area contributed by atoms with Crippen molar-refractivity contribution in [1.29, 1.82) is 0 Å². The van der Waals surface area contributed by atoms with Gasteiger partial charge in [-0.1, -0.05) is 12.1 Å². The van der Waals surface area contributed by atoms with E-state index in [4.69, 9.17) is 24.6 Å². The number of hydrogen-bond acceptors (Lipinski definition) is 8. The molecule has 8 heteroatoms. The van der Waals surface area contributed by atoms with Crippen molar-refractivity contribution >= 4 is 5.71 Å². The van der Waals surface area contributed by atoms with Crippen molar-refractivity contribution in [3.05, 3.63) is 64.9 Å². The molecule has 0 radical (unpaired) electrons. The Balaban J connectivity index is 1.21. The van der Waals surface area contributed by atoms with Gasteiger partial charge in [-0.15, -0.1) is 10.2 Å². The van der Waals surface area contributed by atoms with E-state index in [0.29, 0.717) is 24.3 Å². The molecule has 3 aliphatic carbocycles. The molecule has 2 aromatic rings. The summed E-state index contributed by atoms with van der Waals surface area (Å²) in [5.41, 5.74) is 9.96. The molecule has 3 atom stereocenters. The van der Waals surface area contributed by atoms with Crippen LogP contribution in [-0.4, -0.2) is 36.0 Å². The number of benzene rings is 1. The lowest BCUT2D eigenvalue weighted by Crippen LogP contribution is -2.41. The number of fused-ring (bicyclic) bond motifs is 2. The molecule has 160 valence electrons. The van der Waals surface area contributed by atoms with Crippen LogP contribution in [0.1, 0.15) is 54.1 Å². The summed E-state index contributed by atoms with van der Waals surface area (Å²) in [6.45, 7) is 0.412. The van der Waals surface area contributed by atoms with Gasteiger partial charge in [-0.05, 0) is 55.5 Å². The van der Waals surface area contributed by atoms with Crippen LogP contribution in [0.5, 0.6) is 5.75 Å². The molecule has 0 spiro atoms. The molecule has 4 aliphatic rings. The molecule has 1 fully saturated rings. The van der Waals surface area contributed by atoms with Crippen molar-refractivity contribution in [2.45, 2.75) is 49.5 Å². The third kappa shape index (κ3) is 3.31. The number of methoxy groups -OCH3 is 1. The van der Waals surface area contributed by atoms with Crippen molar-refractivity contribution in [3.8, 4) is 5.75 Å². The van der Waals surface area contributed by atoms with Crippen LogP contribution >= 0.6 is 0 Å². The van der Waals surface area contributed by atoms with E-state index >= 15 is 0 Å². The number of aliphatic imine (C=N–C) groups is 1. The first-order valence-electron chi connectivity index (χ1n) is 10.8. The second kappa shape index (κ2) is 7.12. The van der Waals surface area contributed by atoms with E-state index in [1.165, 1.54) is 11.1 Å². The molecule has 1 saturated carbocycles. The number of aromatic nitrogens is 2. The molecule has 1 aromatic heterocycles. The van der Waals surface area contributed by atoms with E-state index in [9.17, 15) is 0 Å². The lowest BCUT2D eigenvalue weighted by atomic mass is 9.89. The van der Waals surface area contributed by atoms with Crippen LogP contribution in [0.25, 0.3) is 0 Å². The normalized spacial score (nSPS) is 29.2. The Kier molecular flexibility index (Phi) is 4.34. The lowest BCUT2D eigenvalue weighted by Gasteiger charge is -2.30. The zero-order valence-electron chi connectivity index (χ0n) is 17.4. The molecular formula is C23H25N5O3. The topological polar surface area (TPSA) is 108 Å². The van der Waals surface area contributed by atoms with Crippen LogP contribution in [0.15, 0.2) is 51.4 Å². The van der Waals surface area contributed by atoms with Crippen LogP contribution in [0.2, 0.25) is 0 Å². The molecule has 0 saturated heterocycles. The predicted octanol–water partition coefficient (Wildman–Crippen LogP) is 2.64. The summed E-state index contributed by atoms with van der Waals surface area (Å²) in [6.07, 6.45) is 9.51. The van der Waals surface area contributed by atoms with Gasteiger partial charge in [0.25, 0.3) is 0 Å². The summed E-state index contributed by atoms with van der Waals surface area (Å²) in [6, 6.07) is 6.35. The van der Waals surface area contributed by atoms with Gasteiger partial charge in [0.05, 0.1) is 19.4 Å². The summed E-state index contributed by atoms with van der Waals surface area (Å²) in [4.78, 5) is 4.76. The van der Waals surface area contributed by atoms with Crippen molar-refractivity contribution in [3.63, 3.8) is 0 Å². The van der Waals surface area contributed by atoms with Gasteiger partial charge in [-0.25, -0.2) is 4.99 Å². The molecule has 6 rings (SSSR count). The molecule has 0 bridgehead atoms. The Hall–Kier alpha value is -2.81. The van der Waals surface area contributed by atoms with E-state index in [1.54, 1.807) is 7.11 Å². The summed E-state index contributed by atoms with van der Waals surface area (Å²) >= 11 is 0. The zero-order valence-corrected chi connectivity index (χ0v) is 17.4. The Bertz CT molecular complexity index is 1120. The van der Waals surface area contributed by atoms with E-state index < -0.39 is 11.9 Å². The number of hydrogen-bond donors (Lipinski definition) is 2. The summed E-state index contributed by atoms with van der Waals surface area (Å²) < 4.78 is 17.4. The molecule has 3 N–H and O–H groups in total. The van der Waals surface area contributed by atoms with E-state index in [1.807, 2.05) is 30.4 Å². The first kappa shape index (κ1) is 18.9. The number of ether oxygens (including phenoxy) is 2. The van der Waals surface area contributed by atoms with Crippen molar-refractivity contribution in [2.75, 3.05) is 13.7 Å². The number of aryl methyl sites for hydroxylation is 1. The van der Waals surface area contributed by atoms with Gasteiger partial charge in [0.2, 0.25) is 18.1 Å². The fourth-order valence-corrected chi connectivity index (χ4v) is 4.60. The van der Waals surface area contributed by atoms with Crippen LogP contribution in [-0.2, 0) is 16.7 Å². The smallest absolute Gasteiger partial charge is 0.244 e. The molecule has 8 nitrogen and oxygen atoms in total. The maximum Gasteiger partial charge on any atom is 0.244 e. The highest BCUT2D eigenvalue weighted by molar-refractivity contribution is 6.10. The first-order valence-corrected chi connectivity index (χ1v) is 10.8. The summed E-state index contributed by atoms with van der Waals surface area (Å²) in [5.74, 6) is 2.40. The minimum Gasteiger partial charge on any atom is -0.496 e. The molecule has 1 aromatic carbocycles. The SMILES string of the molecule is COc1cccc2c1C(NC1N=C3C=CC(N)(c4nnc(C5CC5)o4)C=C3CO1)CC2. The number of nitrogens with two attached hydrogens (primary N) is 1. The minimum atomic E-state index is -0.935. The average Bonchev–Trinajstić information content (AvgIpc) is 3.36. The fourth-order valence-electron chi connectivity index (χ4n) is 4.60. The highest BCUT2D eigenvalue weighted by Crippen LogP contribution is 2.41. The van der Waals surface area contributed by atoms with Crippen LogP contribution in [0.4, 0.5) is 0 Å². The zero-order chi connectivity index (χ0) is 21.0. The van der Waals surface area contributed by atoms with Crippen LogP contribution in [0.3, 0.4) is 0 Å². The second-order valence-corrected chi connectivity index (χ2v) is 8.62. The Morgan fingerprint density at radius 1 is 1.23 bits per heavy atom. The standard InChI is InChI=1S/C23H25N5O3/c1-29-18-4-2-3-13-7-8-17(19(13)18)26-22-25-16-9-10-23(24,11-15(16)12-30-22)21-28-27-20(31-21)14-5-6-14/h2-4,9-11,14,17,22,26H,5-8,12,24H2,1H3. The number of nitrogens with zero attached hydrogens (tertiary/aromatic N) is 3. The van der Waals surface area contributed by atoms with E-state index in [-0.39, 0.29) is 6.04 Å². The maximum atomic E-state index is 6.57. The van der Waals surface area contributed by atoms with Gasteiger partial charge in [0, 0.05) is 23.1 Å². The van der Waals surface area contributed by atoms with Gasteiger partial charge in [-0.2, -0.15) is 0 Å². The molecular weight excluding hydrogens is 394 g/mol. The van der Waals surface area contributed by atoms with Gasteiger partial charge in [0.1, 0.15) is 11.3 Å². The summed E-state index contributed by atoms with van der Waals surface area (Å²) in [5, 5.41) is 11.9. The number of nitrogens with one attached hydrogen (secondary N) is 1. The van der Waals surface area contributed by atoms with Gasteiger partial charge < -0.3 is 19.6 Å². The highest BCUT2D eigenvalue weighted by Gasteiger charge is 2.37. The third-order valence-electron chi connectivity index (χ3n) is 6.42. The minimum absolute atomic E-state index is 0.145. The molecule has 0 amide bonds. The maximum absolute atomic E-state index is 6.57. The van der Waals surface area contributed by atoms with Crippen LogP contribution in [0, 0.1) is 0 Å². The average molecular weight is 419 g/mol. The molecule has 1 aliphatic heterocycles. The van der Waals surface area contributed by atoms with Crippen molar-refractivity contribution in [1.82, 2.24) is 15.5 Å². The monoisotopic (exact) mass is 419 g/mol. The highest BCUT2D eigenvalue weighted by atomic mass is 16.5. The molecule has 2 heterocycles. The number of allylic oxidation sites excluding steroid dienone is 1. The molecule has 3 unspecified atom stereocenters. The van der Waals surface area contributed by atoms with Crippen molar-refractivity contribution in [2.24, 2.45) is 10.7 Å². The lowest BCUT2D eigenvalue weighted by molar-refractivity contribution is 0.0373. The third-order valence-corrected chi connectivity index (χ3v) is 6.42. The van der Waals surface area contributed by atoms with E-state index in [2.05, 4.69) is 21.6 Å². The Morgan fingerprint density at radius 2 is 2.13 bits per heavy atom. The summed E-state index contributed by atoms with van der Waals surface area (Å²) in [7, 11) is 1.71. The van der Waals surface area contributed by atoms with Gasteiger partial charge >= 0.3 is 0 Å². The van der Waals surface area contributed by atoms with Crippen LogP contribution < -0.4 is 15.8 Å². The predicted molar refractivity (Wildman–Crippen MR) is 114 cm³/mol. The largest absolute Gasteiger partial charge is 0.496 e. The molecule has 31 heavy (non-hydrogen) atoms. The fraction of sp³-hybridized carbons (Fsp3) is 0.435. The second-order valence-electron chi connectivity index (χ2n) is 8.62. The van der Waals surface area contributed by atoms with E-state index in [0.717, 1.165) is 42.7 Å². The Morgan fingerprint density at radius 3 is 2.97 bits per heavy atom. The quantitative estimate of drug-likeness (QED) is 0.767. The van der Waals surface area contributed by atoms with Crippen molar-refractivity contribution < 1.29 is 13.9 Å². The number of rotatable bonds is 5. The first-order chi connectivity index (χ1) is 15.1.